The van der Waals surface area contributed by atoms with Gasteiger partial charge in [-0.3, -0.25) is 25.2 Å². The first-order valence-corrected chi connectivity index (χ1v) is 4.49. The zero-order valence-electron chi connectivity index (χ0n) is 6.66. The molecule has 0 bridgehead atoms. The normalized spacial score (nSPS) is 8.77. The smallest absolute Gasteiger partial charge is 0.257 e. The Morgan fingerprint density at radius 1 is 1.15 bits per heavy atom. The van der Waals surface area contributed by atoms with E-state index in [9.17, 15) is 14.4 Å². The first kappa shape index (κ1) is 12.2. The summed E-state index contributed by atoms with van der Waals surface area (Å²) in [5.41, 5.74) is 3.64. The van der Waals surface area contributed by atoms with Gasteiger partial charge in [-0.15, -0.1) is 0 Å². The third-order valence-electron chi connectivity index (χ3n) is 0.915. The van der Waals surface area contributed by atoms with Crippen LogP contribution < -0.4 is 16.2 Å². The summed E-state index contributed by atoms with van der Waals surface area (Å²) in [4.78, 5) is 31.7. The zero-order chi connectivity index (χ0) is 10.3. The maximum Gasteiger partial charge on any atom is 0.257 e. The molecule has 13 heavy (non-hydrogen) atoms. The van der Waals surface area contributed by atoms with E-state index in [1.807, 2.05) is 14.7 Å². The van der Waals surface area contributed by atoms with Gasteiger partial charge in [0.2, 0.25) is 5.91 Å². The quantitative estimate of drug-likeness (QED) is 0.271. The molecule has 0 rings (SSSR count). The van der Waals surface area contributed by atoms with Crippen molar-refractivity contribution in [3.05, 3.63) is 0 Å². The van der Waals surface area contributed by atoms with Crippen LogP contribution >= 0.6 is 21.9 Å². The molecular formula is C5H10N3O3PS. The molecule has 0 saturated carbocycles. The number of hydrogen-bond acceptors (Lipinski definition) is 4. The fraction of sp³-hybridized carbons (Fsp3) is 0.400. The van der Waals surface area contributed by atoms with Gasteiger partial charge in [0.05, 0.1) is 12.3 Å². The van der Waals surface area contributed by atoms with Crippen LogP contribution in [0.1, 0.15) is 0 Å². The summed E-state index contributed by atoms with van der Waals surface area (Å²) in [7, 11) is 1.82. The molecule has 0 fully saturated rings. The van der Waals surface area contributed by atoms with Crippen molar-refractivity contribution in [3.63, 3.8) is 0 Å². The summed E-state index contributed by atoms with van der Waals surface area (Å²) in [6.45, 7) is -0.190. The van der Waals surface area contributed by atoms with Gasteiger partial charge in [0.15, 0.2) is 0 Å². The van der Waals surface area contributed by atoms with Crippen LogP contribution in [0.5, 0.6) is 0 Å². The second-order valence-corrected chi connectivity index (χ2v) is 2.81. The number of rotatable bonds is 3. The maximum absolute atomic E-state index is 10.8. The standard InChI is InChI=1S/C5H10N3O3PS/c9-3(7-8-5(11)12)1-6-4(10)2-13/h13H,1-2,12H2,(H,6,10)(H,7,9)(H,8,11). The molecule has 0 aliphatic rings. The van der Waals surface area contributed by atoms with Crippen molar-refractivity contribution < 1.29 is 14.4 Å². The Bertz CT molecular complexity index is 223. The second-order valence-electron chi connectivity index (χ2n) is 1.97. The lowest BCUT2D eigenvalue weighted by Gasteiger charge is -2.05. The minimum atomic E-state index is -0.508. The number of thiol groups is 1. The van der Waals surface area contributed by atoms with Crippen molar-refractivity contribution >= 4 is 39.3 Å². The molecule has 0 heterocycles. The number of amides is 3. The van der Waals surface area contributed by atoms with Crippen molar-refractivity contribution in [1.29, 1.82) is 0 Å². The van der Waals surface area contributed by atoms with E-state index in [-0.39, 0.29) is 18.2 Å². The molecule has 0 aromatic rings. The van der Waals surface area contributed by atoms with Crippen LogP contribution in [0.2, 0.25) is 0 Å². The summed E-state index contributed by atoms with van der Waals surface area (Å²) in [5, 5.41) is 2.27. The molecule has 1 atom stereocenters. The number of hydrazine groups is 1. The molecule has 3 amide bonds. The Balaban J connectivity index is 3.52. The monoisotopic (exact) mass is 223 g/mol. The molecule has 0 spiro atoms. The van der Waals surface area contributed by atoms with Crippen molar-refractivity contribution in [1.82, 2.24) is 16.2 Å². The summed E-state index contributed by atoms with van der Waals surface area (Å²) >= 11 is 3.69. The first-order chi connectivity index (χ1) is 6.06. The lowest BCUT2D eigenvalue weighted by Crippen LogP contribution is -2.44. The predicted molar refractivity (Wildman–Crippen MR) is 53.2 cm³/mol. The predicted octanol–water partition coefficient (Wildman–Crippen LogP) is -1.35. The molecule has 6 nitrogen and oxygen atoms in total. The lowest BCUT2D eigenvalue weighted by atomic mass is 10.5. The second kappa shape index (κ2) is 6.68. The Labute approximate surface area is 82.8 Å². The zero-order valence-corrected chi connectivity index (χ0v) is 8.71. The average Bonchev–Trinajstić information content (AvgIpc) is 2.10. The first-order valence-electron chi connectivity index (χ1n) is 3.28. The molecule has 0 aliphatic heterocycles. The van der Waals surface area contributed by atoms with Crippen molar-refractivity contribution in [2.24, 2.45) is 0 Å². The highest BCUT2D eigenvalue weighted by atomic mass is 32.1. The minimum Gasteiger partial charge on any atom is -0.346 e. The van der Waals surface area contributed by atoms with Crippen LogP contribution in [0.3, 0.4) is 0 Å². The van der Waals surface area contributed by atoms with Gasteiger partial charge >= 0.3 is 0 Å². The third-order valence-corrected chi connectivity index (χ3v) is 1.35. The third kappa shape index (κ3) is 7.55. The topological polar surface area (TPSA) is 87.3 Å². The van der Waals surface area contributed by atoms with E-state index >= 15 is 0 Å². The molecule has 0 saturated heterocycles. The van der Waals surface area contributed by atoms with Crippen molar-refractivity contribution in [2.75, 3.05) is 12.3 Å². The van der Waals surface area contributed by atoms with Gasteiger partial charge < -0.3 is 5.32 Å². The Hall–Kier alpha value is -0.810. The van der Waals surface area contributed by atoms with Crippen LogP contribution in [0.25, 0.3) is 0 Å². The largest absolute Gasteiger partial charge is 0.346 e. The fourth-order valence-corrected chi connectivity index (χ4v) is 0.594. The number of hydrogen-bond donors (Lipinski definition) is 4. The molecule has 0 aromatic heterocycles. The van der Waals surface area contributed by atoms with Gasteiger partial charge in [-0.1, -0.05) is 0 Å². The molecule has 74 valence electrons. The van der Waals surface area contributed by atoms with E-state index in [1.54, 1.807) is 0 Å². The molecule has 0 radical (unpaired) electrons. The van der Waals surface area contributed by atoms with Gasteiger partial charge in [0.1, 0.15) is 0 Å². The van der Waals surface area contributed by atoms with Crippen LogP contribution in [0.4, 0.5) is 4.79 Å². The molecule has 0 aromatic carbocycles. The van der Waals surface area contributed by atoms with E-state index in [0.717, 1.165) is 0 Å². The van der Waals surface area contributed by atoms with Gasteiger partial charge in [0.25, 0.3) is 11.6 Å². The van der Waals surface area contributed by atoms with E-state index in [4.69, 9.17) is 0 Å². The average molecular weight is 223 g/mol. The Morgan fingerprint density at radius 3 is 2.23 bits per heavy atom. The summed E-state index contributed by atoms with van der Waals surface area (Å²) < 4.78 is 0. The molecule has 3 N–H and O–H groups in total. The van der Waals surface area contributed by atoms with Gasteiger partial charge in [-0.2, -0.15) is 12.6 Å². The summed E-state index contributed by atoms with van der Waals surface area (Å²) in [6, 6.07) is 0. The molecule has 8 heteroatoms. The van der Waals surface area contributed by atoms with Crippen LogP contribution in [-0.2, 0) is 9.59 Å². The number of carbonyl (C=O) groups excluding carboxylic acids is 3. The van der Waals surface area contributed by atoms with Crippen LogP contribution in [-0.4, -0.2) is 29.8 Å². The van der Waals surface area contributed by atoms with Crippen LogP contribution in [0, 0.1) is 0 Å². The lowest BCUT2D eigenvalue weighted by molar-refractivity contribution is -0.125. The number of nitrogens with one attached hydrogen (secondary N) is 3. The Morgan fingerprint density at radius 2 is 1.77 bits per heavy atom. The molecule has 1 unspecified atom stereocenters. The highest BCUT2D eigenvalue weighted by molar-refractivity contribution is 7.81. The summed E-state index contributed by atoms with van der Waals surface area (Å²) in [5.74, 6) is -0.842. The van der Waals surface area contributed by atoms with E-state index in [2.05, 4.69) is 23.4 Å². The van der Waals surface area contributed by atoms with E-state index in [1.165, 1.54) is 0 Å². The van der Waals surface area contributed by atoms with E-state index < -0.39 is 11.6 Å². The number of carbonyl (C=O) groups is 3. The SMILES string of the molecule is O=C(P)NNC(=O)CNC(=O)CS. The highest BCUT2D eigenvalue weighted by Crippen LogP contribution is 1.78. The van der Waals surface area contributed by atoms with Crippen molar-refractivity contribution in [3.8, 4) is 0 Å². The maximum atomic E-state index is 10.8. The van der Waals surface area contributed by atoms with Gasteiger partial charge in [-0.05, 0) is 9.24 Å². The Kier molecular flexibility index (Phi) is 6.26. The molecular weight excluding hydrogens is 213 g/mol. The van der Waals surface area contributed by atoms with Crippen molar-refractivity contribution in [2.45, 2.75) is 0 Å². The highest BCUT2D eigenvalue weighted by Gasteiger charge is 2.03. The summed E-state index contributed by atoms with van der Waals surface area (Å²) in [6.07, 6.45) is 0. The van der Waals surface area contributed by atoms with Gasteiger partial charge in [-0.25, -0.2) is 0 Å². The fourth-order valence-electron chi connectivity index (χ4n) is 0.410. The minimum absolute atomic E-state index is 0.0171. The van der Waals surface area contributed by atoms with Gasteiger partial charge in [0, 0.05) is 0 Å². The van der Waals surface area contributed by atoms with E-state index in [0.29, 0.717) is 0 Å². The van der Waals surface area contributed by atoms with Crippen LogP contribution in [0.15, 0.2) is 0 Å². The molecule has 0 aliphatic carbocycles.